The number of benzene rings is 1. The van der Waals surface area contributed by atoms with Crippen molar-refractivity contribution in [1.29, 1.82) is 0 Å². The highest BCUT2D eigenvalue weighted by atomic mass is 15.2. The lowest BCUT2D eigenvalue weighted by molar-refractivity contribution is 0.757. The zero-order chi connectivity index (χ0) is 11.0. The number of hydrogen-bond donors (Lipinski definition) is 1. The van der Waals surface area contributed by atoms with Crippen LogP contribution in [0, 0.1) is 0 Å². The van der Waals surface area contributed by atoms with Crippen LogP contribution in [0.3, 0.4) is 0 Å². The second-order valence-electron chi connectivity index (χ2n) is 4.51. The normalized spacial score (nSPS) is 21.6. The van der Waals surface area contributed by atoms with Crippen molar-refractivity contribution < 1.29 is 0 Å². The Kier molecular flexibility index (Phi) is 2.70. The van der Waals surface area contributed by atoms with Gasteiger partial charge in [0.05, 0.1) is 0 Å². The van der Waals surface area contributed by atoms with Gasteiger partial charge in [-0.2, -0.15) is 0 Å². The van der Waals surface area contributed by atoms with Gasteiger partial charge in [0.2, 0.25) is 0 Å². The highest BCUT2D eigenvalue weighted by Crippen LogP contribution is 2.40. The summed E-state index contributed by atoms with van der Waals surface area (Å²) >= 11 is 0. The number of para-hydroxylation sites is 1. The number of hydrogen-bond acceptors (Lipinski definition) is 2. The van der Waals surface area contributed by atoms with Crippen molar-refractivity contribution in [2.45, 2.75) is 32.7 Å². The molecule has 0 saturated carbocycles. The number of fused-ring (bicyclic) bond motifs is 1. The Morgan fingerprint density at radius 1 is 1.53 bits per heavy atom. The average Bonchev–Trinajstić information content (AvgIpc) is 2.55. The molecule has 1 aromatic rings. The van der Waals surface area contributed by atoms with Crippen molar-refractivity contribution in [3.8, 4) is 0 Å². The molecule has 2 atom stereocenters. The lowest BCUT2D eigenvalue weighted by Crippen LogP contribution is -2.22. The van der Waals surface area contributed by atoms with Gasteiger partial charge in [-0.05, 0) is 25.0 Å². The van der Waals surface area contributed by atoms with Crippen LogP contribution in [0.2, 0.25) is 0 Å². The molecule has 1 aliphatic heterocycles. The van der Waals surface area contributed by atoms with E-state index in [-0.39, 0.29) is 6.04 Å². The van der Waals surface area contributed by atoms with Gasteiger partial charge in [-0.15, -0.1) is 0 Å². The molecule has 0 radical (unpaired) electrons. The lowest BCUT2D eigenvalue weighted by Gasteiger charge is -2.21. The first-order valence-electron chi connectivity index (χ1n) is 5.78. The maximum Gasteiger partial charge on any atom is 0.0450 e. The van der Waals surface area contributed by atoms with E-state index >= 15 is 0 Å². The van der Waals surface area contributed by atoms with Gasteiger partial charge >= 0.3 is 0 Å². The molecule has 2 heteroatoms. The third kappa shape index (κ3) is 1.63. The summed E-state index contributed by atoms with van der Waals surface area (Å²) in [7, 11) is 0. The standard InChI is InChI=1S/C13H20N2/c1-4-15-8-9(2)11-6-5-7-12(10(3)14)13(11)15/h5-7,9-10H,4,8,14H2,1-3H3. The minimum atomic E-state index is 0.124. The van der Waals surface area contributed by atoms with Crippen molar-refractivity contribution in [3.63, 3.8) is 0 Å². The van der Waals surface area contributed by atoms with Gasteiger partial charge < -0.3 is 10.6 Å². The summed E-state index contributed by atoms with van der Waals surface area (Å²) in [6, 6.07) is 6.65. The molecule has 0 saturated heterocycles. The summed E-state index contributed by atoms with van der Waals surface area (Å²) in [5.41, 5.74) is 10.2. The predicted octanol–water partition coefficient (Wildman–Crippen LogP) is 2.65. The maximum atomic E-state index is 6.02. The van der Waals surface area contributed by atoms with Crippen molar-refractivity contribution in [1.82, 2.24) is 0 Å². The molecule has 1 aromatic carbocycles. The van der Waals surface area contributed by atoms with Gasteiger partial charge in [-0.25, -0.2) is 0 Å². The Labute approximate surface area is 92.1 Å². The molecular weight excluding hydrogens is 184 g/mol. The molecular formula is C13H20N2. The first-order valence-corrected chi connectivity index (χ1v) is 5.78. The maximum absolute atomic E-state index is 6.02. The van der Waals surface area contributed by atoms with Gasteiger partial charge in [0.25, 0.3) is 0 Å². The molecule has 2 nitrogen and oxygen atoms in total. The van der Waals surface area contributed by atoms with Gasteiger partial charge in [0.15, 0.2) is 0 Å². The summed E-state index contributed by atoms with van der Waals surface area (Å²) in [6.07, 6.45) is 0. The molecule has 15 heavy (non-hydrogen) atoms. The Hall–Kier alpha value is -1.02. The van der Waals surface area contributed by atoms with Crippen molar-refractivity contribution in [3.05, 3.63) is 29.3 Å². The smallest absolute Gasteiger partial charge is 0.0450 e. The molecule has 0 aliphatic carbocycles. The number of nitrogens with two attached hydrogens (primary N) is 1. The van der Waals surface area contributed by atoms with Crippen LogP contribution in [-0.4, -0.2) is 13.1 Å². The average molecular weight is 204 g/mol. The van der Waals surface area contributed by atoms with E-state index in [9.17, 15) is 0 Å². The van der Waals surface area contributed by atoms with Gasteiger partial charge in [0.1, 0.15) is 0 Å². The molecule has 2 unspecified atom stereocenters. The van der Waals surface area contributed by atoms with Crippen LogP contribution in [0.25, 0.3) is 0 Å². The molecule has 0 spiro atoms. The fraction of sp³-hybridized carbons (Fsp3) is 0.538. The lowest BCUT2D eigenvalue weighted by atomic mass is 9.98. The van der Waals surface area contributed by atoms with Gasteiger partial charge in [-0.1, -0.05) is 25.1 Å². The van der Waals surface area contributed by atoms with E-state index in [4.69, 9.17) is 5.73 Å². The quantitative estimate of drug-likeness (QED) is 0.802. The second-order valence-corrected chi connectivity index (χ2v) is 4.51. The van der Waals surface area contributed by atoms with Gasteiger partial charge in [-0.3, -0.25) is 0 Å². The SMILES string of the molecule is CCN1CC(C)c2cccc(C(C)N)c21. The fourth-order valence-electron chi connectivity index (χ4n) is 2.52. The zero-order valence-electron chi connectivity index (χ0n) is 9.83. The Morgan fingerprint density at radius 3 is 2.87 bits per heavy atom. The molecule has 2 rings (SSSR count). The highest BCUT2D eigenvalue weighted by Gasteiger charge is 2.27. The van der Waals surface area contributed by atoms with E-state index in [1.165, 1.54) is 16.8 Å². The molecule has 0 amide bonds. The monoisotopic (exact) mass is 204 g/mol. The number of nitrogens with zero attached hydrogens (tertiary/aromatic N) is 1. The molecule has 1 heterocycles. The van der Waals surface area contributed by atoms with E-state index in [0.717, 1.165) is 13.1 Å². The van der Waals surface area contributed by atoms with Crippen LogP contribution >= 0.6 is 0 Å². The van der Waals surface area contributed by atoms with E-state index < -0.39 is 0 Å². The van der Waals surface area contributed by atoms with Crippen LogP contribution in [0.1, 0.15) is 43.9 Å². The molecule has 1 aliphatic rings. The van der Waals surface area contributed by atoms with Crippen LogP contribution in [0.4, 0.5) is 5.69 Å². The van der Waals surface area contributed by atoms with Crippen molar-refractivity contribution >= 4 is 5.69 Å². The number of anilines is 1. The van der Waals surface area contributed by atoms with E-state index in [2.05, 4.69) is 43.9 Å². The molecule has 0 bridgehead atoms. The van der Waals surface area contributed by atoms with Crippen molar-refractivity contribution in [2.75, 3.05) is 18.0 Å². The van der Waals surface area contributed by atoms with Crippen molar-refractivity contribution in [2.24, 2.45) is 5.73 Å². The van der Waals surface area contributed by atoms with E-state index in [1.807, 2.05) is 0 Å². The van der Waals surface area contributed by atoms with Crippen LogP contribution < -0.4 is 10.6 Å². The minimum Gasteiger partial charge on any atom is -0.371 e. The summed E-state index contributed by atoms with van der Waals surface area (Å²) in [6.45, 7) is 8.77. The first-order chi connectivity index (χ1) is 7.15. The number of likely N-dealkylation sites (N-methyl/N-ethyl adjacent to an activating group) is 1. The largest absolute Gasteiger partial charge is 0.371 e. The second kappa shape index (κ2) is 3.86. The third-order valence-corrected chi connectivity index (χ3v) is 3.31. The summed E-state index contributed by atoms with van der Waals surface area (Å²) in [5, 5.41) is 0. The highest BCUT2D eigenvalue weighted by molar-refractivity contribution is 5.65. The van der Waals surface area contributed by atoms with E-state index in [0.29, 0.717) is 5.92 Å². The Balaban J connectivity index is 2.53. The van der Waals surface area contributed by atoms with Crippen LogP contribution in [0.5, 0.6) is 0 Å². The Bertz CT molecular complexity index is 358. The third-order valence-electron chi connectivity index (χ3n) is 3.31. The topological polar surface area (TPSA) is 29.3 Å². The zero-order valence-corrected chi connectivity index (χ0v) is 9.83. The fourth-order valence-corrected chi connectivity index (χ4v) is 2.52. The molecule has 2 N–H and O–H groups in total. The molecule has 0 fully saturated rings. The molecule has 0 aromatic heterocycles. The minimum absolute atomic E-state index is 0.124. The number of rotatable bonds is 2. The summed E-state index contributed by atoms with van der Waals surface area (Å²) in [4.78, 5) is 2.44. The summed E-state index contributed by atoms with van der Waals surface area (Å²) < 4.78 is 0. The predicted molar refractivity (Wildman–Crippen MR) is 65.3 cm³/mol. The van der Waals surface area contributed by atoms with Gasteiger partial charge in [0, 0.05) is 30.7 Å². The first kappa shape index (κ1) is 10.5. The van der Waals surface area contributed by atoms with Crippen LogP contribution in [0.15, 0.2) is 18.2 Å². The van der Waals surface area contributed by atoms with Crippen LogP contribution in [-0.2, 0) is 0 Å². The summed E-state index contributed by atoms with van der Waals surface area (Å²) in [5.74, 6) is 0.638. The molecule has 82 valence electrons. The van der Waals surface area contributed by atoms with E-state index in [1.54, 1.807) is 0 Å². The Morgan fingerprint density at radius 2 is 2.27 bits per heavy atom.